The van der Waals surface area contributed by atoms with Gasteiger partial charge in [-0.25, -0.2) is 4.79 Å². The average Bonchev–Trinajstić information content (AvgIpc) is 2.38. The first kappa shape index (κ1) is 14.8. The van der Waals surface area contributed by atoms with E-state index in [9.17, 15) is 9.90 Å². The summed E-state index contributed by atoms with van der Waals surface area (Å²) in [4.78, 5) is 15.5. The normalized spacial score (nSPS) is 18.8. The highest BCUT2D eigenvalue weighted by Gasteiger charge is 2.17. The molecule has 5 nitrogen and oxygen atoms in total. The Balaban J connectivity index is 1.99. The molecule has 1 saturated heterocycles. The second-order valence-corrected chi connectivity index (χ2v) is 5.28. The minimum Gasteiger partial charge on any atom is -0.478 e. The molecule has 0 amide bonds. The van der Waals surface area contributed by atoms with E-state index in [0.717, 1.165) is 31.6 Å². The van der Waals surface area contributed by atoms with Crippen molar-refractivity contribution in [2.24, 2.45) is 0 Å². The van der Waals surface area contributed by atoms with E-state index in [1.807, 2.05) is 6.92 Å². The minimum atomic E-state index is -0.939. The molecule has 0 spiro atoms. The van der Waals surface area contributed by atoms with Gasteiger partial charge in [-0.15, -0.1) is 0 Å². The van der Waals surface area contributed by atoms with Crippen molar-refractivity contribution in [3.63, 3.8) is 0 Å². The number of hydrogen-bond donors (Lipinski definition) is 2. The van der Waals surface area contributed by atoms with Crippen molar-refractivity contribution < 1.29 is 14.6 Å². The van der Waals surface area contributed by atoms with E-state index in [4.69, 9.17) is 4.74 Å². The van der Waals surface area contributed by atoms with Crippen LogP contribution in [0.2, 0.25) is 0 Å². The van der Waals surface area contributed by atoms with E-state index in [0.29, 0.717) is 24.0 Å². The number of carbonyl (C=O) groups is 1. The molecular weight excluding hydrogens is 256 g/mol. The fourth-order valence-electron chi connectivity index (χ4n) is 2.64. The van der Waals surface area contributed by atoms with Crippen molar-refractivity contribution >= 4 is 11.7 Å². The van der Waals surface area contributed by atoms with Crippen molar-refractivity contribution in [3.8, 4) is 0 Å². The number of anilines is 1. The van der Waals surface area contributed by atoms with Crippen molar-refractivity contribution in [2.75, 3.05) is 18.5 Å². The highest BCUT2D eigenvalue weighted by molar-refractivity contribution is 5.95. The van der Waals surface area contributed by atoms with Crippen molar-refractivity contribution in [2.45, 2.75) is 45.6 Å². The van der Waals surface area contributed by atoms with Gasteiger partial charge in [-0.3, -0.25) is 4.98 Å². The van der Waals surface area contributed by atoms with Gasteiger partial charge in [-0.05, 0) is 45.6 Å². The monoisotopic (exact) mass is 278 g/mol. The third kappa shape index (κ3) is 3.70. The minimum absolute atomic E-state index is 0.264. The summed E-state index contributed by atoms with van der Waals surface area (Å²) in [6.45, 7) is 5.16. The van der Waals surface area contributed by atoms with Crippen LogP contribution in [0.15, 0.2) is 6.07 Å². The maximum absolute atomic E-state index is 11.3. The zero-order valence-electron chi connectivity index (χ0n) is 12.1. The smallest absolute Gasteiger partial charge is 0.339 e. The maximum atomic E-state index is 11.3. The number of rotatable bonds is 5. The molecule has 2 heterocycles. The lowest BCUT2D eigenvalue weighted by Crippen LogP contribution is -2.22. The maximum Gasteiger partial charge on any atom is 0.339 e. The molecule has 1 fully saturated rings. The lowest BCUT2D eigenvalue weighted by molar-refractivity contribution is 0.0134. The van der Waals surface area contributed by atoms with Crippen LogP contribution in [0, 0.1) is 13.8 Å². The predicted octanol–water partition coefficient (Wildman–Crippen LogP) is 2.77. The Morgan fingerprint density at radius 1 is 1.50 bits per heavy atom. The van der Waals surface area contributed by atoms with Gasteiger partial charge >= 0.3 is 5.97 Å². The van der Waals surface area contributed by atoms with Crippen LogP contribution in [-0.4, -0.2) is 35.3 Å². The van der Waals surface area contributed by atoms with Gasteiger partial charge in [0.05, 0.1) is 17.5 Å². The lowest BCUT2D eigenvalue weighted by Gasteiger charge is -2.23. The Morgan fingerprint density at radius 3 is 2.95 bits per heavy atom. The molecule has 2 N–H and O–H groups in total. The zero-order chi connectivity index (χ0) is 14.5. The Kier molecular flexibility index (Phi) is 4.95. The number of aromatic carboxylic acids is 1. The number of nitrogens with one attached hydrogen (secondary N) is 1. The molecule has 20 heavy (non-hydrogen) atoms. The van der Waals surface area contributed by atoms with Gasteiger partial charge in [0.2, 0.25) is 0 Å². The number of ether oxygens (including phenoxy) is 1. The van der Waals surface area contributed by atoms with Crippen LogP contribution in [-0.2, 0) is 4.74 Å². The van der Waals surface area contributed by atoms with Crippen LogP contribution in [0.25, 0.3) is 0 Å². The molecule has 1 unspecified atom stereocenters. The number of hydrogen-bond acceptors (Lipinski definition) is 4. The summed E-state index contributed by atoms with van der Waals surface area (Å²) in [7, 11) is 0. The standard InChI is InChI=1S/C15H22N2O3/c1-10-9-13(14(15(18)19)11(2)17-10)16-7-6-12-5-3-4-8-20-12/h9,12H,3-8H2,1-2H3,(H,16,17)(H,18,19). The largest absolute Gasteiger partial charge is 0.478 e. The van der Waals surface area contributed by atoms with E-state index in [1.165, 1.54) is 6.42 Å². The summed E-state index contributed by atoms with van der Waals surface area (Å²) in [5.74, 6) is -0.939. The first-order valence-corrected chi connectivity index (χ1v) is 7.15. The molecule has 5 heteroatoms. The van der Waals surface area contributed by atoms with Crippen LogP contribution in [0.1, 0.15) is 47.4 Å². The molecule has 0 saturated carbocycles. The summed E-state index contributed by atoms with van der Waals surface area (Å²) in [6.07, 6.45) is 4.67. The fourth-order valence-corrected chi connectivity index (χ4v) is 2.64. The lowest BCUT2D eigenvalue weighted by atomic mass is 10.1. The molecule has 110 valence electrons. The highest BCUT2D eigenvalue weighted by Crippen LogP contribution is 2.21. The van der Waals surface area contributed by atoms with Gasteiger partial charge < -0.3 is 15.2 Å². The summed E-state index contributed by atoms with van der Waals surface area (Å²) in [5.41, 5.74) is 2.29. The van der Waals surface area contributed by atoms with E-state index in [2.05, 4.69) is 10.3 Å². The average molecular weight is 278 g/mol. The third-order valence-corrected chi connectivity index (χ3v) is 3.60. The Labute approximate surface area is 119 Å². The van der Waals surface area contributed by atoms with Crippen LogP contribution >= 0.6 is 0 Å². The number of aryl methyl sites for hydroxylation is 2. The van der Waals surface area contributed by atoms with Gasteiger partial charge in [0.25, 0.3) is 0 Å². The van der Waals surface area contributed by atoms with Crippen LogP contribution < -0.4 is 5.32 Å². The Bertz CT molecular complexity index is 482. The van der Waals surface area contributed by atoms with E-state index >= 15 is 0 Å². The molecule has 0 aliphatic carbocycles. The predicted molar refractivity (Wildman–Crippen MR) is 77.4 cm³/mol. The van der Waals surface area contributed by atoms with Gasteiger partial charge in [-0.2, -0.15) is 0 Å². The van der Waals surface area contributed by atoms with Crippen LogP contribution in [0.3, 0.4) is 0 Å². The van der Waals surface area contributed by atoms with Crippen molar-refractivity contribution in [1.82, 2.24) is 4.98 Å². The number of aromatic nitrogens is 1. The summed E-state index contributed by atoms with van der Waals surface area (Å²) >= 11 is 0. The molecular formula is C15H22N2O3. The summed E-state index contributed by atoms with van der Waals surface area (Å²) in [6, 6.07) is 1.79. The summed E-state index contributed by atoms with van der Waals surface area (Å²) in [5, 5.41) is 12.5. The van der Waals surface area contributed by atoms with Crippen molar-refractivity contribution in [3.05, 3.63) is 23.0 Å². The zero-order valence-corrected chi connectivity index (χ0v) is 12.1. The molecule has 1 aromatic heterocycles. The molecule has 1 aromatic rings. The van der Waals surface area contributed by atoms with Crippen LogP contribution in [0.5, 0.6) is 0 Å². The quantitative estimate of drug-likeness (QED) is 0.866. The number of nitrogens with zero attached hydrogens (tertiary/aromatic N) is 1. The van der Waals surface area contributed by atoms with E-state index < -0.39 is 5.97 Å². The molecule has 1 atom stereocenters. The van der Waals surface area contributed by atoms with Gasteiger partial charge in [0.15, 0.2) is 0 Å². The second-order valence-electron chi connectivity index (χ2n) is 5.28. The molecule has 0 radical (unpaired) electrons. The fraction of sp³-hybridized carbons (Fsp3) is 0.600. The van der Waals surface area contributed by atoms with Crippen LogP contribution in [0.4, 0.5) is 5.69 Å². The molecule has 1 aliphatic rings. The molecule has 0 bridgehead atoms. The van der Waals surface area contributed by atoms with E-state index in [1.54, 1.807) is 13.0 Å². The second kappa shape index (κ2) is 6.70. The van der Waals surface area contributed by atoms with Gasteiger partial charge in [0.1, 0.15) is 5.56 Å². The number of pyridine rings is 1. The third-order valence-electron chi connectivity index (χ3n) is 3.60. The topological polar surface area (TPSA) is 71.5 Å². The molecule has 0 aromatic carbocycles. The highest BCUT2D eigenvalue weighted by atomic mass is 16.5. The van der Waals surface area contributed by atoms with E-state index in [-0.39, 0.29) is 5.56 Å². The first-order chi connectivity index (χ1) is 9.58. The van der Waals surface area contributed by atoms with Crippen molar-refractivity contribution in [1.29, 1.82) is 0 Å². The van der Waals surface area contributed by atoms with Gasteiger partial charge in [0, 0.05) is 18.8 Å². The summed E-state index contributed by atoms with van der Waals surface area (Å²) < 4.78 is 5.67. The first-order valence-electron chi connectivity index (χ1n) is 7.15. The Morgan fingerprint density at radius 2 is 2.30 bits per heavy atom. The SMILES string of the molecule is Cc1cc(NCCC2CCCCO2)c(C(=O)O)c(C)n1. The van der Waals surface area contributed by atoms with Gasteiger partial charge in [-0.1, -0.05) is 0 Å². The number of carboxylic acids is 1. The molecule has 2 rings (SSSR count). The number of carboxylic acid groups (broad SMARTS) is 1. The Hall–Kier alpha value is -1.62. The molecule has 1 aliphatic heterocycles.